The number of nitrogens with zero attached hydrogens (tertiary/aromatic N) is 1. The van der Waals surface area contributed by atoms with Gasteiger partial charge in [-0.25, -0.2) is 0 Å². The molecule has 2 nitrogen and oxygen atoms in total. The first-order chi connectivity index (χ1) is 8.79. The molecular formula is C14H21BrN2S. The second-order valence-corrected chi connectivity index (χ2v) is 6.78. The molecular weight excluding hydrogens is 308 g/mol. The Labute approximate surface area is 123 Å². The normalized spacial score (nSPS) is 18.8. The molecule has 0 aromatic heterocycles. The van der Waals surface area contributed by atoms with E-state index < -0.39 is 0 Å². The highest BCUT2D eigenvalue weighted by atomic mass is 79.9. The van der Waals surface area contributed by atoms with Gasteiger partial charge < -0.3 is 10.2 Å². The van der Waals surface area contributed by atoms with Gasteiger partial charge >= 0.3 is 0 Å². The van der Waals surface area contributed by atoms with Crippen LogP contribution in [0.4, 0.5) is 0 Å². The smallest absolute Gasteiger partial charge is 0.0330 e. The maximum atomic E-state index is 3.55. The van der Waals surface area contributed by atoms with Crippen LogP contribution in [0.5, 0.6) is 0 Å². The third-order valence-electron chi connectivity index (χ3n) is 3.44. The predicted molar refractivity (Wildman–Crippen MR) is 84.3 cm³/mol. The van der Waals surface area contributed by atoms with Gasteiger partial charge in [-0.3, -0.25) is 0 Å². The van der Waals surface area contributed by atoms with E-state index in [9.17, 15) is 0 Å². The molecule has 100 valence electrons. The van der Waals surface area contributed by atoms with Gasteiger partial charge in [-0.2, -0.15) is 11.8 Å². The molecule has 1 aromatic carbocycles. The zero-order valence-electron chi connectivity index (χ0n) is 10.9. The van der Waals surface area contributed by atoms with Gasteiger partial charge in [0.05, 0.1) is 0 Å². The van der Waals surface area contributed by atoms with Crippen LogP contribution in [-0.2, 0) is 0 Å². The Morgan fingerprint density at radius 1 is 1.39 bits per heavy atom. The van der Waals surface area contributed by atoms with Crippen molar-refractivity contribution in [3.8, 4) is 0 Å². The summed E-state index contributed by atoms with van der Waals surface area (Å²) in [5.41, 5.74) is 1.37. The first kappa shape index (κ1) is 14.4. The van der Waals surface area contributed by atoms with Gasteiger partial charge in [-0.1, -0.05) is 28.1 Å². The number of thioether (sulfide) groups is 1. The molecule has 1 aromatic rings. The molecule has 0 spiro atoms. The van der Waals surface area contributed by atoms with E-state index in [0.29, 0.717) is 6.04 Å². The highest BCUT2D eigenvalue weighted by molar-refractivity contribution is 9.10. The van der Waals surface area contributed by atoms with E-state index in [-0.39, 0.29) is 0 Å². The van der Waals surface area contributed by atoms with E-state index >= 15 is 0 Å². The minimum Gasteiger partial charge on any atom is -0.313 e. The molecule has 0 radical (unpaired) electrons. The molecule has 1 fully saturated rings. The van der Waals surface area contributed by atoms with Crippen molar-refractivity contribution >= 4 is 27.7 Å². The quantitative estimate of drug-likeness (QED) is 0.893. The minimum absolute atomic E-state index is 0.456. The summed E-state index contributed by atoms with van der Waals surface area (Å²) in [7, 11) is 2.05. The minimum atomic E-state index is 0.456. The maximum absolute atomic E-state index is 3.55. The highest BCUT2D eigenvalue weighted by Gasteiger charge is 2.14. The molecule has 1 aliphatic heterocycles. The highest BCUT2D eigenvalue weighted by Crippen LogP contribution is 2.21. The molecule has 0 amide bonds. The molecule has 0 aliphatic carbocycles. The number of nitrogens with one attached hydrogen (secondary N) is 1. The van der Waals surface area contributed by atoms with Crippen LogP contribution in [0.1, 0.15) is 18.0 Å². The molecule has 1 heterocycles. The van der Waals surface area contributed by atoms with Crippen LogP contribution in [0.3, 0.4) is 0 Å². The summed E-state index contributed by atoms with van der Waals surface area (Å²) in [5, 5.41) is 3.43. The lowest BCUT2D eigenvalue weighted by molar-refractivity contribution is 0.283. The third kappa shape index (κ3) is 4.26. The Morgan fingerprint density at radius 2 is 2.17 bits per heavy atom. The Bertz CT molecular complexity index is 367. The van der Waals surface area contributed by atoms with Gasteiger partial charge in [0.25, 0.3) is 0 Å². The Balaban J connectivity index is 1.88. The second kappa shape index (κ2) is 7.53. The summed E-state index contributed by atoms with van der Waals surface area (Å²) in [6.45, 7) is 3.69. The van der Waals surface area contributed by atoms with Crippen LogP contribution in [-0.4, -0.2) is 43.1 Å². The fraction of sp³-hybridized carbons (Fsp3) is 0.571. The molecule has 1 atom stereocenters. The summed E-state index contributed by atoms with van der Waals surface area (Å²) in [6.07, 6.45) is 1.18. The van der Waals surface area contributed by atoms with Crippen molar-refractivity contribution in [2.45, 2.75) is 12.5 Å². The monoisotopic (exact) mass is 328 g/mol. The Morgan fingerprint density at radius 3 is 2.83 bits per heavy atom. The summed E-state index contributed by atoms with van der Waals surface area (Å²) in [5.74, 6) is 2.59. The van der Waals surface area contributed by atoms with Crippen LogP contribution in [0.15, 0.2) is 28.7 Å². The van der Waals surface area contributed by atoms with Crippen molar-refractivity contribution in [2.24, 2.45) is 0 Å². The average molecular weight is 329 g/mol. The fourth-order valence-corrected chi connectivity index (χ4v) is 3.73. The first-order valence-corrected chi connectivity index (χ1v) is 8.47. The molecule has 4 heteroatoms. The lowest BCUT2D eigenvalue weighted by Gasteiger charge is -2.28. The molecule has 1 unspecified atom stereocenters. The standard InChI is InChI=1S/C14H21BrN2S/c1-16-14(12-3-2-4-13(15)11-12)5-6-17-7-9-18-10-8-17/h2-4,11,14,16H,5-10H2,1H3. The molecule has 18 heavy (non-hydrogen) atoms. The zero-order valence-corrected chi connectivity index (χ0v) is 13.3. The molecule has 1 aliphatic rings. The van der Waals surface area contributed by atoms with Crippen LogP contribution in [0, 0.1) is 0 Å². The molecule has 0 bridgehead atoms. The van der Waals surface area contributed by atoms with Gasteiger partial charge in [0, 0.05) is 41.7 Å². The van der Waals surface area contributed by atoms with E-state index in [1.165, 1.54) is 43.1 Å². The van der Waals surface area contributed by atoms with Crippen LogP contribution >= 0.6 is 27.7 Å². The van der Waals surface area contributed by atoms with Gasteiger partial charge in [0.15, 0.2) is 0 Å². The van der Waals surface area contributed by atoms with E-state index in [1.807, 2.05) is 0 Å². The Hall–Kier alpha value is -0.0300. The zero-order chi connectivity index (χ0) is 12.8. The fourth-order valence-electron chi connectivity index (χ4n) is 2.34. The number of benzene rings is 1. The van der Waals surface area contributed by atoms with Crippen LogP contribution < -0.4 is 5.32 Å². The van der Waals surface area contributed by atoms with Crippen LogP contribution in [0.25, 0.3) is 0 Å². The van der Waals surface area contributed by atoms with Crippen molar-refractivity contribution in [3.05, 3.63) is 34.3 Å². The maximum Gasteiger partial charge on any atom is 0.0330 e. The van der Waals surface area contributed by atoms with Gasteiger partial charge in [0.1, 0.15) is 0 Å². The lowest BCUT2D eigenvalue weighted by Crippen LogP contribution is -2.35. The topological polar surface area (TPSA) is 15.3 Å². The van der Waals surface area contributed by atoms with E-state index in [1.54, 1.807) is 0 Å². The predicted octanol–water partition coefficient (Wildman–Crippen LogP) is 3.15. The van der Waals surface area contributed by atoms with Crippen molar-refractivity contribution in [2.75, 3.05) is 38.2 Å². The van der Waals surface area contributed by atoms with Crippen LogP contribution in [0.2, 0.25) is 0 Å². The summed E-state index contributed by atoms with van der Waals surface area (Å²) >= 11 is 5.62. The number of halogens is 1. The first-order valence-electron chi connectivity index (χ1n) is 6.52. The number of hydrogen-bond donors (Lipinski definition) is 1. The van der Waals surface area contributed by atoms with Crippen molar-refractivity contribution in [1.29, 1.82) is 0 Å². The lowest BCUT2D eigenvalue weighted by atomic mass is 10.0. The van der Waals surface area contributed by atoms with E-state index in [2.05, 4.69) is 69.2 Å². The van der Waals surface area contributed by atoms with Gasteiger partial charge in [-0.15, -0.1) is 0 Å². The number of hydrogen-bond acceptors (Lipinski definition) is 3. The van der Waals surface area contributed by atoms with E-state index in [0.717, 1.165) is 4.47 Å². The third-order valence-corrected chi connectivity index (χ3v) is 4.87. The molecule has 1 N–H and O–H groups in total. The van der Waals surface area contributed by atoms with Crippen molar-refractivity contribution in [1.82, 2.24) is 10.2 Å². The average Bonchev–Trinajstić information content (AvgIpc) is 2.41. The SMILES string of the molecule is CNC(CCN1CCSCC1)c1cccc(Br)c1. The largest absolute Gasteiger partial charge is 0.313 e. The van der Waals surface area contributed by atoms with Crippen molar-refractivity contribution in [3.63, 3.8) is 0 Å². The van der Waals surface area contributed by atoms with Gasteiger partial charge in [0.2, 0.25) is 0 Å². The van der Waals surface area contributed by atoms with Gasteiger partial charge in [-0.05, 0) is 31.2 Å². The molecule has 1 saturated heterocycles. The summed E-state index contributed by atoms with van der Waals surface area (Å²) in [6, 6.07) is 9.07. The molecule has 0 saturated carbocycles. The Kier molecular flexibility index (Phi) is 6.02. The number of rotatable bonds is 5. The van der Waals surface area contributed by atoms with Crippen molar-refractivity contribution < 1.29 is 0 Å². The summed E-state index contributed by atoms with van der Waals surface area (Å²) in [4.78, 5) is 2.58. The van der Waals surface area contributed by atoms with E-state index in [4.69, 9.17) is 0 Å². The second-order valence-electron chi connectivity index (χ2n) is 4.64. The summed E-state index contributed by atoms with van der Waals surface area (Å²) < 4.78 is 1.16. The molecule has 2 rings (SSSR count).